The number of carboxylic acid groups (broad SMARTS) is 1. The lowest BCUT2D eigenvalue weighted by atomic mass is 10.1. The summed E-state index contributed by atoms with van der Waals surface area (Å²) in [6.45, 7) is 4.41. The Bertz CT molecular complexity index is 967. The Labute approximate surface area is 278 Å². The second kappa shape index (κ2) is 32.0. The van der Waals surface area contributed by atoms with Crippen LogP contribution >= 0.6 is 0 Å². The fraction of sp³-hybridized carbons (Fsp3) is 0.897. The van der Waals surface area contributed by atoms with Crippen molar-refractivity contribution >= 4 is 27.9 Å². The molecule has 0 saturated carbocycles. The maximum Gasteiger partial charge on any atom is 0.326 e. The lowest BCUT2D eigenvalue weighted by molar-refractivity contribution is -0.142. The number of hydrogen-bond acceptors (Lipinski definition) is 11. The van der Waals surface area contributed by atoms with Gasteiger partial charge in [0.1, 0.15) is 6.04 Å². The molecule has 0 spiro atoms. The van der Waals surface area contributed by atoms with Gasteiger partial charge in [0.05, 0.1) is 71.8 Å². The van der Waals surface area contributed by atoms with Gasteiger partial charge in [-0.05, 0) is 24.8 Å². The maximum atomic E-state index is 12.2. The Morgan fingerprint density at radius 1 is 0.681 bits per heavy atom. The Morgan fingerprint density at radius 2 is 1.15 bits per heavy atom. The zero-order chi connectivity index (χ0) is 34.9. The molecule has 0 radical (unpaired) electrons. The molecular weight excluding hydrogens is 642 g/mol. The van der Waals surface area contributed by atoms with Crippen molar-refractivity contribution in [3.63, 3.8) is 0 Å². The molecule has 0 fully saturated rings. The van der Waals surface area contributed by atoms with E-state index in [0.29, 0.717) is 78.8 Å². The van der Waals surface area contributed by atoms with Gasteiger partial charge in [-0.2, -0.15) is 8.42 Å². The highest BCUT2D eigenvalue weighted by Crippen LogP contribution is 2.11. The Balaban J connectivity index is 3.62. The average molecular weight is 698 g/mol. The highest BCUT2D eigenvalue weighted by Gasteiger charge is 2.20. The summed E-state index contributed by atoms with van der Waals surface area (Å²) < 4.78 is 56.7. The molecule has 0 aromatic carbocycles. The number of hydrogen-bond donors (Lipinski definition) is 4. The molecule has 0 unspecified atom stereocenters. The van der Waals surface area contributed by atoms with E-state index >= 15 is 0 Å². The number of carboxylic acids is 1. The van der Waals surface area contributed by atoms with Crippen LogP contribution in [0.5, 0.6) is 0 Å². The fourth-order valence-electron chi connectivity index (χ4n) is 4.09. The van der Waals surface area contributed by atoms with Crippen LogP contribution in [0.15, 0.2) is 5.11 Å². The smallest absolute Gasteiger partial charge is 0.326 e. The monoisotopic (exact) mass is 697 g/mol. The minimum absolute atomic E-state index is 0.0193. The van der Waals surface area contributed by atoms with Crippen LogP contribution in [-0.4, -0.2) is 127 Å². The molecule has 0 aliphatic heterocycles. The van der Waals surface area contributed by atoms with E-state index in [9.17, 15) is 27.9 Å². The van der Waals surface area contributed by atoms with Gasteiger partial charge in [0, 0.05) is 30.8 Å². The van der Waals surface area contributed by atoms with Crippen molar-refractivity contribution in [1.29, 1.82) is 0 Å². The van der Waals surface area contributed by atoms with E-state index in [4.69, 9.17) is 33.8 Å². The van der Waals surface area contributed by atoms with Crippen LogP contribution in [0.25, 0.3) is 10.4 Å². The lowest BCUT2D eigenvalue weighted by Gasteiger charge is -2.14. The minimum atomic E-state index is -3.87. The van der Waals surface area contributed by atoms with Gasteiger partial charge in [-0.15, -0.1) is 0 Å². The third-order valence-electron chi connectivity index (χ3n) is 6.55. The molecule has 2 amide bonds. The average Bonchev–Trinajstić information content (AvgIpc) is 3.02. The molecule has 47 heavy (non-hydrogen) atoms. The van der Waals surface area contributed by atoms with Crippen LogP contribution < -0.4 is 10.6 Å². The summed E-state index contributed by atoms with van der Waals surface area (Å²) in [7, 11) is -3.87. The molecule has 0 heterocycles. The third kappa shape index (κ3) is 34.6. The van der Waals surface area contributed by atoms with Gasteiger partial charge in [0.25, 0.3) is 10.1 Å². The molecule has 18 heteroatoms. The van der Waals surface area contributed by atoms with Crippen molar-refractivity contribution < 1.29 is 56.1 Å². The van der Waals surface area contributed by atoms with Crippen LogP contribution in [0, 0.1) is 0 Å². The number of aliphatic carboxylic acids is 1. The minimum Gasteiger partial charge on any atom is -0.480 e. The molecule has 0 aliphatic rings. The fourth-order valence-corrected chi connectivity index (χ4v) is 4.66. The highest BCUT2D eigenvalue weighted by molar-refractivity contribution is 7.85. The number of azide groups is 1. The first kappa shape index (κ1) is 44.4. The van der Waals surface area contributed by atoms with Crippen LogP contribution in [-0.2, 0) is 48.2 Å². The van der Waals surface area contributed by atoms with Gasteiger partial charge in [-0.25, -0.2) is 4.79 Å². The zero-order valence-electron chi connectivity index (χ0n) is 27.5. The molecule has 0 saturated heterocycles. The van der Waals surface area contributed by atoms with Crippen molar-refractivity contribution in [2.75, 3.05) is 84.9 Å². The Morgan fingerprint density at radius 3 is 1.64 bits per heavy atom. The van der Waals surface area contributed by atoms with E-state index in [1.165, 1.54) is 0 Å². The number of amides is 2. The number of nitrogens with one attached hydrogen (secondary N) is 2. The Kier molecular flexibility index (Phi) is 30.3. The summed E-state index contributed by atoms with van der Waals surface area (Å²) in [6, 6.07) is -1.14. The highest BCUT2D eigenvalue weighted by atomic mass is 32.2. The first-order valence-corrected chi connectivity index (χ1v) is 17.9. The van der Waals surface area contributed by atoms with Gasteiger partial charge >= 0.3 is 5.97 Å². The van der Waals surface area contributed by atoms with E-state index < -0.39 is 22.1 Å². The van der Waals surface area contributed by atoms with Crippen molar-refractivity contribution in [3.05, 3.63) is 10.4 Å². The van der Waals surface area contributed by atoms with Gasteiger partial charge in [-0.3, -0.25) is 14.1 Å². The quantitative estimate of drug-likeness (QED) is 0.0245. The summed E-state index contributed by atoms with van der Waals surface area (Å²) in [6.07, 6.45) is 7.72. The molecule has 0 rings (SSSR count). The predicted octanol–water partition coefficient (Wildman–Crippen LogP) is 2.63. The molecule has 0 aromatic rings. The van der Waals surface area contributed by atoms with E-state index in [1.54, 1.807) is 0 Å². The summed E-state index contributed by atoms with van der Waals surface area (Å²) in [5.74, 6) is -2.07. The topological polar surface area (TPSA) is 245 Å². The van der Waals surface area contributed by atoms with E-state index in [2.05, 4.69) is 20.7 Å². The molecule has 4 N–H and O–H groups in total. The molecule has 274 valence electrons. The standard InChI is InChI=1S/C29H55N5O12S/c30-34-32-14-16-43-18-20-45-22-24-46-23-21-44-19-17-42-15-13-31-27(35)12-11-26(29(37)38)33-28(36)10-8-6-4-2-1-3-5-7-9-25-47(39,40)41/h26H,1-25H2,(H,31,35)(H,33,36)(H,37,38)(H,39,40,41)/t26-/m0/s1. The van der Waals surface area contributed by atoms with Crippen LogP contribution in [0.2, 0.25) is 0 Å². The van der Waals surface area contributed by atoms with Crippen LogP contribution in [0.3, 0.4) is 0 Å². The Hall–Kier alpha value is -2.57. The maximum absolute atomic E-state index is 12.2. The zero-order valence-corrected chi connectivity index (χ0v) is 28.3. The van der Waals surface area contributed by atoms with Crippen LogP contribution in [0.1, 0.15) is 77.0 Å². The lowest BCUT2D eigenvalue weighted by Crippen LogP contribution is -2.41. The van der Waals surface area contributed by atoms with Crippen molar-refractivity contribution in [3.8, 4) is 0 Å². The van der Waals surface area contributed by atoms with Crippen molar-refractivity contribution in [1.82, 2.24) is 10.6 Å². The predicted molar refractivity (Wildman–Crippen MR) is 173 cm³/mol. The molecule has 0 aromatic heterocycles. The van der Waals surface area contributed by atoms with Gasteiger partial charge in [0.2, 0.25) is 11.8 Å². The van der Waals surface area contributed by atoms with E-state index in [0.717, 1.165) is 44.9 Å². The normalized spacial score (nSPS) is 11.9. The van der Waals surface area contributed by atoms with E-state index in [-0.39, 0.29) is 50.0 Å². The van der Waals surface area contributed by atoms with Gasteiger partial charge in [-0.1, -0.05) is 50.1 Å². The summed E-state index contributed by atoms with van der Waals surface area (Å²) >= 11 is 0. The van der Waals surface area contributed by atoms with Crippen LogP contribution in [0.4, 0.5) is 0 Å². The molecule has 17 nitrogen and oxygen atoms in total. The van der Waals surface area contributed by atoms with Gasteiger partial charge < -0.3 is 39.4 Å². The first-order valence-electron chi connectivity index (χ1n) is 16.3. The SMILES string of the molecule is [N-]=[N+]=NCCOCCOCCOCCOCCOCCNC(=O)CC[C@H](NC(=O)CCCCCCCCCCCS(=O)(=O)O)C(=O)O. The van der Waals surface area contributed by atoms with Gasteiger partial charge in [0.15, 0.2) is 0 Å². The van der Waals surface area contributed by atoms with Crippen molar-refractivity contribution in [2.45, 2.75) is 83.1 Å². The number of nitrogens with zero attached hydrogens (tertiary/aromatic N) is 3. The summed E-state index contributed by atoms with van der Waals surface area (Å²) in [5, 5.41) is 17.9. The molecule has 0 aliphatic carbocycles. The van der Waals surface area contributed by atoms with Crippen molar-refractivity contribution in [2.24, 2.45) is 5.11 Å². The molecule has 1 atom stereocenters. The first-order chi connectivity index (χ1) is 22.7. The number of ether oxygens (including phenoxy) is 5. The number of unbranched alkanes of at least 4 members (excludes halogenated alkanes) is 8. The third-order valence-corrected chi connectivity index (χ3v) is 7.36. The number of rotatable bonds is 35. The molecule has 0 bridgehead atoms. The number of carbonyl (C=O) groups is 3. The second-order valence-corrected chi connectivity index (χ2v) is 12.2. The van der Waals surface area contributed by atoms with E-state index in [1.807, 2.05) is 0 Å². The summed E-state index contributed by atoms with van der Waals surface area (Å²) in [4.78, 5) is 38.4. The number of carbonyl (C=O) groups excluding carboxylic acids is 2. The second-order valence-electron chi connectivity index (χ2n) is 10.6. The summed E-state index contributed by atoms with van der Waals surface area (Å²) in [5.41, 5.74) is 8.13. The largest absolute Gasteiger partial charge is 0.480 e. The molecular formula is C29H55N5O12S.